The minimum absolute atomic E-state index is 0.0186. The Hall–Kier alpha value is -4.11. The third-order valence-corrected chi connectivity index (χ3v) is 4.76. The van der Waals surface area contributed by atoms with E-state index < -0.39 is 11.9 Å². The number of nitrogens with zero attached hydrogens (tertiary/aromatic N) is 1. The lowest BCUT2D eigenvalue weighted by Crippen LogP contribution is -2.14. The number of hydrogen-bond donors (Lipinski definition) is 1. The molecule has 1 amide bonds. The van der Waals surface area contributed by atoms with Gasteiger partial charge in [0.15, 0.2) is 6.61 Å². The van der Waals surface area contributed by atoms with Gasteiger partial charge in [-0.3, -0.25) is 4.79 Å². The molecule has 6 heteroatoms. The fourth-order valence-corrected chi connectivity index (χ4v) is 3.32. The number of benzene rings is 3. The van der Waals surface area contributed by atoms with E-state index in [-0.39, 0.29) is 12.2 Å². The van der Waals surface area contributed by atoms with Gasteiger partial charge < -0.3 is 14.8 Å². The maximum atomic E-state index is 12.8. The van der Waals surface area contributed by atoms with Crippen molar-refractivity contribution in [2.75, 3.05) is 19.0 Å². The van der Waals surface area contributed by atoms with Crippen molar-refractivity contribution in [3.05, 3.63) is 76.9 Å². The smallest absolute Gasteiger partial charge is 0.343 e. The molecule has 3 aromatic rings. The van der Waals surface area contributed by atoms with Crippen LogP contribution in [0.2, 0.25) is 0 Å². The van der Waals surface area contributed by atoms with Gasteiger partial charge in [-0.05, 0) is 60.2 Å². The summed E-state index contributed by atoms with van der Waals surface area (Å²) in [6.45, 7) is 3.47. The molecule has 31 heavy (non-hydrogen) atoms. The van der Waals surface area contributed by atoms with E-state index in [1.54, 1.807) is 18.2 Å². The molecule has 0 aliphatic heterocycles. The molecular formula is C25H22N2O4. The van der Waals surface area contributed by atoms with Crippen molar-refractivity contribution >= 4 is 34.4 Å². The van der Waals surface area contributed by atoms with Crippen LogP contribution in [0.25, 0.3) is 16.8 Å². The first-order chi connectivity index (χ1) is 14.9. The largest absolute Gasteiger partial charge is 0.481 e. The lowest BCUT2D eigenvalue weighted by atomic mass is 10.0. The number of carbonyl (C=O) groups is 2. The number of amides is 1. The summed E-state index contributed by atoms with van der Waals surface area (Å²) in [6.07, 6.45) is 1.53. The second-order valence-electron chi connectivity index (χ2n) is 7.00. The summed E-state index contributed by atoms with van der Waals surface area (Å²) in [7, 11) is 1.30. The van der Waals surface area contributed by atoms with Gasteiger partial charge in [0.2, 0.25) is 0 Å². The third kappa shape index (κ3) is 5.09. The Kier molecular flexibility index (Phi) is 6.68. The molecule has 0 fully saturated rings. The van der Waals surface area contributed by atoms with Crippen LogP contribution in [-0.4, -0.2) is 25.6 Å². The number of carbonyl (C=O) groups excluding carboxylic acids is 2. The number of ether oxygens (including phenoxy) is 2. The highest BCUT2D eigenvalue weighted by molar-refractivity contribution is 6.12. The standard InChI is InChI=1S/C25H22N2O4/c1-16-11-18(12-17(2)24(16)31-15-23(28)30-3)13-20(14-26)25(29)27-22-10-6-8-19-7-4-5-9-21(19)22/h4-13H,15H2,1-3H3,(H,27,29). The van der Waals surface area contributed by atoms with E-state index in [1.165, 1.54) is 13.2 Å². The minimum Gasteiger partial charge on any atom is -0.481 e. The molecule has 0 heterocycles. The lowest BCUT2D eigenvalue weighted by molar-refractivity contribution is -0.142. The summed E-state index contributed by atoms with van der Waals surface area (Å²) in [6, 6.07) is 18.9. The predicted octanol–water partition coefficient (Wildman–Crippen LogP) is 4.55. The molecule has 0 aromatic heterocycles. The Morgan fingerprint density at radius 2 is 1.74 bits per heavy atom. The molecule has 0 spiro atoms. The van der Waals surface area contributed by atoms with Crippen LogP contribution in [0.5, 0.6) is 5.75 Å². The highest BCUT2D eigenvalue weighted by atomic mass is 16.6. The molecule has 156 valence electrons. The lowest BCUT2D eigenvalue weighted by Gasteiger charge is -2.12. The van der Waals surface area contributed by atoms with E-state index in [4.69, 9.17) is 4.74 Å². The van der Waals surface area contributed by atoms with Crippen molar-refractivity contribution in [1.82, 2.24) is 0 Å². The summed E-state index contributed by atoms with van der Waals surface area (Å²) in [5.74, 6) is -0.388. The molecule has 0 aliphatic carbocycles. The molecule has 0 radical (unpaired) electrons. The van der Waals surface area contributed by atoms with Gasteiger partial charge in [0.25, 0.3) is 5.91 Å². The molecule has 0 aliphatic rings. The number of aryl methyl sites for hydroxylation is 2. The second kappa shape index (κ2) is 9.59. The summed E-state index contributed by atoms with van der Waals surface area (Å²) in [4.78, 5) is 24.1. The number of nitrogens with one attached hydrogen (secondary N) is 1. The number of hydrogen-bond acceptors (Lipinski definition) is 5. The molecular weight excluding hydrogens is 392 g/mol. The van der Waals surface area contributed by atoms with E-state index >= 15 is 0 Å². The summed E-state index contributed by atoms with van der Waals surface area (Å²) in [5, 5.41) is 14.3. The van der Waals surface area contributed by atoms with Crippen molar-refractivity contribution in [3.63, 3.8) is 0 Å². The van der Waals surface area contributed by atoms with Crippen LogP contribution in [0.4, 0.5) is 5.69 Å². The predicted molar refractivity (Wildman–Crippen MR) is 120 cm³/mol. The minimum atomic E-state index is -0.486. The fraction of sp³-hybridized carbons (Fsp3) is 0.160. The van der Waals surface area contributed by atoms with Gasteiger partial charge in [-0.15, -0.1) is 0 Å². The zero-order valence-electron chi connectivity index (χ0n) is 17.6. The maximum absolute atomic E-state index is 12.8. The van der Waals surface area contributed by atoms with Gasteiger partial charge in [0.1, 0.15) is 17.4 Å². The van der Waals surface area contributed by atoms with Crippen LogP contribution in [0, 0.1) is 25.2 Å². The summed E-state index contributed by atoms with van der Waals surface area (Å²) < 4.78 is 10.1. The molecule has 3 rings (SSSR count). The highest BCUT2D eigenvalue weighted by Gasteiger charge is 2.13. The molecule has 0 saturated carbocycles. The van der Waals surface area contributed by atoms with Gasteiger partial charge >= 0.3 is 5.97 Å². The molecule has 0 unspecified atom stereocenters. The number of fused-ring (bicyclic) bond motifs is 1. The van der Waals surface area contributed by atoms with Crippen LogP contribution in [0.1, 0.15) is 16.7 Å². The Morgan fingerprint density at radius 1 is 1.06 bits per heavy atom. The molecule has 6 nitrogen and oxygen atoms in total. The number of nitriles is 1. The van der Waals surface area contributed by atoms with Crippen LogP contribution in [0.3, 0.4) is 0 Å². The monoisotopic (exact) mass is 414 g/mol. The van der Waals surface area contributed by atoms with Crippen molar-refractivity contribution in [3.8, 4) is 11.8 Å². The van der Waals surface area contributed by atoms with Crippen molar-refractivity contribution in [2.45, 2.75) is 13.8 Å². The van der Waals surface area contributed by atoms with Gasteiger partial charge in [-0.25, -0.2) is 4.79 Å². The Labute approximate surface area is 180 Å². The first kappa shape index (κ1) is 21.6. The zero-order valence-corrected chi connectivity index (χ0v) is 17.6. The normalized spacial score (nSPS) is 11.0. The molecule has 1 N–H and O–H groups in total. The van der Waals surface area contributed by atoms with Crippen molar-refractivity contribution in [2.24, 2.45) is 0 Å². The van der Waals surface area contributed by atoms with Crippen LogP contribution in [-0.2, 0) is 14.3 Å². The van der Waals surface area contributed by atoms with Gasteiger partial charge in [0.05, 0.1) is 7.11 Å². The maximum Gasteiger partial charge on any atom is 0.343 e. The molecule has 0 bridgehead atoms. The third-order valence-electron chi connectivity index (χ3n) is 4.76. The Morgan fingerprint density at radius 3 is 2.42 bits per heavy atom. The quantitative estimate of drug-likeness (QED) is 0.363. The number of rotatable bonds is 6. The SMILES string of the molecule is COC(=O)COc1c(C)cc(C=C(C#N)C(=O)Nc2cccc3ccccc23)cc1C. The van der Waals surface area contributed by atoms with Gasteiger partial charge in [0, 0.05) is 11.1 Å². The van der Waals surface area contributed by atoms with Crippen LogP contribution < -0.4 is 10.1 Å². The van der Waals surface area contributed by atoms with Gasteiger partial charge in [-0.2, -0.15) is 5.26 Å². The topological polar surface area (TPSA) is 88.4 Å². The fourth-order valence-electron chi connectivity index (χ4n) is 3.32. The van der Waals surface area contributed by atoms with Gasteiger partial charge in [-0.1, -0.05) is 36.4 Å². The van der Waals surface area contributed by atoms with Crippen LogP contribution in [0.15, 0.2) is 60.2 Å². The number of methoxy groups -OCH3 is 1. The number of anilines is 1. The molecule has 0 atom stereocenters. The first-order valence-corrected chi connectivity index (χ1v) is 9.64. The van der Waals surface area contributed by atoms with E-state index in [9.17, 15) is 14.9 Å². The molecule has 0 saturated heterocycles. The van der Waals surface area contributed by atoms with Crippen molar-refractivity contribution < 1.29 is 19.1 Å². The Bertz CT molecular complexity index is 1190. The average molecular weight is 414 g/mol. The zero-order chi connectivity index (χ0) is 22.4. The first-order valence-electron chi connectivity index (χ1n) is 9.64. The molecule has 3 aromatic carbocycles. The average Bonchev–Trinajstić information content (AvgIpc) is 2.76. The van der Waals surface area contributed by atoms with E-state index in [2.05, 4.69) is 10.1 Å². The second-order valence-corrected chi connectivity index (χ2v) is 7.00. The van der Waals surface area contributed by atoms with E-state index in [1.807, 2.05) is 56.3 Å². The Balaban J connectivity index is 1.84. The van der Waals surface area contributed by atoms with Crippen molar-refractivity contribution in [1.29, 1.82) is 5.26 Å². The highest BCUT2D eigenvalue weighted by Crippen LogP contribution is 2.27. The number of esters is 1. The summed E-state index contributed by atoms with van der Waals surface area (Å²) in [5.41, 5.74) is 2.87. The van der Waals surface area contributed by atoms with Crippen LogP contribution >= 0.6 is 0 Å². The van der Waals surface area contributed by atoms with E-state index in [0.29, 0.717) is 17.0 Å². The summed E-state index contributed by atoms with van der Waals surface area (Å²) >= 11 is 0. The van der Waals surface area contributed by atoms with E-state index in [0.717, 1.165) is 21.9 Å².